The molecule has 8 heteroatoms. The Morgan fingerprint density at radius 2 is 1.69 bits per heavy atom. The van der Waals surface area contributed by atoms with Gasteiger partial charge in [0.2, 0.25) is 11.8 Å². The van der Waals surface area contributed by atoms with E-state index in [2.05, 4.69) is 10.6 Å². The lowest BCUT2D eigenvalue weighted by molar-refractivity contribution is -0.133. The van der Waals surface area contributed by atoms with Gasteiger partial charge in [0.15, 0.2) is 0 Å². The summed E-state index contributed by atoms with van der Waals surface area (Å²) < 4.78 is 0. The highest BCUT2D eigenvalue weighted by molar-refractivity contribution is 6.30. The molecule has 2 aromatic rings. The molecule has 2 aromatic carbocycles. The summed E-state index contributed by atoms with van der Waals surface area (Å²) in [5.41, 5.74) is 6.96. The second-order valence-electron chi connectivity index (χ2n) is 6.92. The molecule has 0 aromatic heterocycles. The van der Waals surface area contributed by atoms with Gasteiger partial charge in [0, 0.05) is 35.4 Å². The number of anilines is 2. The predicted molar refractivity (Wildman–Crippen MR) is 113 cm³/mol. The van der Waals surface area contributed by atoms with Crippen molar-refractivity contribution in [3.8, 4) is 0 Å². The zero-order chi connectivity index (χ0) is 20.8. The molecular formula is C21H23ClN4O3. The van der Waals surface area contributed by atoms with E-state index in [4.69, 9.17) is 17.3 Å². The highest BCUT2D eigenvalue weighted by Gasteiger charge is 2.25. The third kappa shape index (κ3) is 5.48. The molecule has 0 unspecified atom stereocenters. The maximum absolute atomic E-state index is 12.6. The lowest BCUT2D eigenvalue weighted by Crippen LogP contribution is -2.43. The zero-order valence-corrected chi connectivity index (χ0v) is 16.6. The van der Waals surface area contributed by atoms with Crippen LogP contribution in [-0.4, -0.2) is 42.3 Å². The standard InChI is InChI=1S/C21H23ClN4O3/c22-15-5-7-16(8-6-15)25-21(29)17-3-1-2-4-18(17)24-13-19(27)26-11-9-14(10-12-26)20(23)28/h1-8,14,24H,9-13H2,(H2,23,28)(H,25,29). The van der Waals surface area contributed by atoms with Crippen molar-refractivity contribution >= 4 is 40.7 Å². The van der Waals surface area contributed by atoms with Crippen LogP contribution in [0.3, 0.4) is 0 Å². The monoisotopic (exact) mass is 414 g/mol. The largest absolute Gasteiger partial charge is 0.376 e. The number of halogens is 1. The van der Waals surface area contributed by atoms with Crippen molar-refractivity contribution in [3.05, 3.63) is 59.1 Å². The van der Waals surface area contributed by atoms with Gasteiger partial charge in [-0.15, -0.1) is 0 Å². The number of carbonyl (C=O) groups is 3. The Morgan fingerprint density at radius 1 is 1.03 bits per heavy atom. The summed E-state index contributed by atoms with van der Waals surface area (Å²) in [6, 6.07) is 13.8. The van der Waals surface area contributed by atoms with Crippen molar-refractivity contribution in [1.29, 1.82) is 0 Å². The number of carbonyl (C=O) groups excluding carboxylic acids is 3. The Labute approximate surface area is 174 Å². The summed E-state index contributed by atoms with van der Waals surface area (Å²) in [6.07, 6.45) is 1.17. The number of amides is 3. The molecule has 1 heterocycles. The Kier molecular flexibility index (Phi) is 6.72. The number of hydrogen-bond donors (Lipinski definition) is 3. The second-order valence-corrected chi connectivity index (χ2v) is 7.35. The van der Waals surface area contributed by atoms with Crippen LogP contribution in [0.25, 0.3) is 0 Å². The van der Waals surface area contributed by atoms with Crippen molar-refractivity contribution in [1.82, 2.24) is 4.90 Å². The van der Waals surface area contributed by atoms with Crippen LogP contribution >= 0.6 is 11.6 Å². The molecule has 0 aliphatic carbocycles. The molecular weight excluding hydrogens is 392 g/mol. The number of hydrogen-bond acceptors (Lipinski definition) is 4. The SMILES string of the molecule is NC(=O)C1CCN(C(=O)CNc2ccccc2C(=O)Nc2ccc(Cl)cc2)CC1. The van der Waals surface area contributed by atoms with Gasteiger partial charge in [0.25, 0.3) is 5.91 Å². The summed E-state index contributed by atoms with van der Waals surface area (Å²) in [4.78, 5) is 38.1. The van der Waals surface area contributed by atoms with Gasteiger partial charge in [0.1, 0.15) is 0 Å². The Hall–Kier alpha value is -3.06. The van der Waals surface area contributed by atoms with Crippen LogP contribution in [0.2, 0.25) is 5.02 Å². The summed E-state index contributed by atoms with van der Waals surface area (Å²) in [5.74, 6) is -0.842. The molecule has 3 rings (SSSR count). The molecule has 7 nitrogen and oxygen atoms in total. The average molecular weight is 415 g/mol. The molecule has 1 fully saturated rings. The molecule has 1 saturated heterocycles. The van der Waals surface area contributed by atoms with Gasteiger partial charge < -0.3 is 21.3 Å². The van der Waals surface area contributed by atoms with E-state index in [9.17, 15) is 14.4 Å². The van der Waals surface area contributed by atoms with Crippen molar-refractivity contribution in [2.75, 3.05) is 30.3 Å². The first-order chi connectivity index (χ1) is 13.9. The van der Waals surface area contributed by atoms with E-state index in [-0.39, 0.29) is 30.2 Å². The summed E-state index contributed by atoms with van der Waals surface area (Å²) in [7, 11) is 0. The van der Waals surface area contributed by atoms with Crippen LogP contribution in [0.1, 0.15) is 23.2 Å². The number of nitrogens with one attached hydrogen (secondary N) is 2. The van der Waals surface area contributed by atoms with E-state index in [1.165, 1.54) is 0 Å². The molecule has 0 radical (unpaired) electrons. The van der Waals surface area contributed by atoms with E-state index >= 15 is 0 Å². The Balaban J connectivity index is 1.59. The molecule has 152 valence electrons. The van der Waals surface area contributed by atoms with Crippen LogP contribution in [0.15, 0.2) is 48.5 Å². The summed E-state index contributed by atoms with van der Waals surface area (Å²) >= 11 is 5.87. The molecule has 0 spiro atoms. The molecule has 0 atom stereocenters. The van der Waals surface area contributed by atoms with Crippen LogP contribution in [-0.2, 0) is 9.59 Å². The number of piperidine rings is 1. The molecule has 1 aliphatic rings. The summed E-state index contributed by atoms with van der Waals surface area (Å²) in [6.45, 7) is 1.08. The Morgan fingerprint density at radius 3 is 2.34 bits per heavy atom. The zero-order valence-electron chi connectivity index (χ0n) is 15.9. The van der Waals surface area contributed by atoms with Gasteiger partial charge in [-0.3, -0.25) is 14.4 Å². The predicted octanol–water partition coefficient (Wildman–Crippen LogP) is 2.73. The van der Waals surface area contributed by atoms with E-state index < -0.39 is 0 Å². The summed E-state index contributed by atoms with van der Waals surface area (Å²) in [5, 5.41) is 6.46. The molecule has 29 heavy (non-hydrogen) atoms. The lowest BCUT2D eigenvalue weighted by Gasteiger charge is -2.30. The fraction of sp³-hybridized carbons (Fsp3) is 0.286. The third-order valence-electron chi connectivity index (χ3n) is 4.95. The molecule has 1 aliphatic heterocycles. The van der Waals surface area contributed by atoms with Crippen LogP contribution in [0.4, 0.5) is 11.4 Å². The Bertz CT molecular complexity index is 893. The van der Waals surface area contributed by atoms with Gasteiger partial charge in [-0.25, -0.2) is 0 Å². The van der Waals surface area contributed by atoms with Crippen LogP contribution in [0.5, 0.6) is 0 Å². The van der Waals surface area contributed by atoms with Gasteiger partial charge in [-0.05, 0) is 49.2 Å². The van der Waals surface area contributed by atoms with E-state index in [1.54, 1.807) is 53.4 Å². The van der Waals surface area contributed by atoms with E-state index in [0.717, 1.165) is 0 Å². The van der Waals surface area contributed by atoms with Crippen molar-refractivity contribution in [2.24, 2.45) is 11.7 Å². The van der Waals surface area contributed by atoms with E-state index in [0.29, 0.717) is 47.9 Å². The number of rotatable bonds is 6. The number of likely N-dealkylation sites (tertiary alicyclic amines) is 1. The number of nitrogens with zero attached hydrogens (tertiary/aromatic N) is 1. The quantitative estimate of drug-likeness (QED) is 0.675. The minimum atomic E-state index is -0.309. The second kappa shape index (κ2) is 9.43. The minimum Gasteiger partial charge on any atom is -0.376 e. The minimum absolute atomic E-state index is 0.0620. The first-order valence-electron chi connectivity index (χ1n) is 9.41. The molecule has 0 bridgehead atoms. The van der Waals surface area contributed by atoms with E-state index in [1.807, 2.05) is 0 Å². The topological polar surface area (TPSA) is 105 Å². The first kappa shape index (κ1) is 20.7. The van der Waals surface area contributed by atoms with Gasteiger partial charge >= 0.3 is 0 Å². The number of benzene rings is 2. The highest BCUT2D eigenvalue weighted by atomic mass is 35.5. The molecule has 4 N–H and O–H groups in total. The lowest BCUT2D eigenvalue weighted by atomic mass is 9.96. The fourth-order valence-electron chi connectivity index (χ4n) is 3.26. The number of nitrogens with two attached hydrogens (primary N) is 1. The van der Waals surface area contributed by atoms with Crippen LogP contribution < -0.4 is 16.4 Å². The van der Waals surface area contributed by atoms with Gasteiger partial charge in [0.05, 0.1) is 12.1 Å². The average Bonchev–Trinajstić information content (AvgIpc) is 2.74. The number of para-hydroxylation sites is 1. The van der Waals surface area contributed by atoms with Crippen molar-refractivity contribution in [2.45, 2.75) is 12.8 Å². The number of primary amides is 1. The fourth-order valence-corrected chi connectivity index (χ4v) is 3.39. The normalized spacial score (nSPS) is 14.3. The smallest absolute Gasteiger partial charge is 0.257 e. The van der Waals surface area contributed by atoms with Gasteiger partial charge in [-0.2, -0.15) is 0 Å². The highest BCUT2D eigenvalue weighted by Crippen LogP contribution is 2.20. The molecule has 3 amide bonds. The van der Waals surface area contributed by atoms with Crippen molar-refractivity contribution < 1.29 is 14.4 Å². The maximum Gasteiger partial charge on any atom is 0.257 e. The maximum atomic E-state index is 12.6. The van der Waals surface area contributed by atoms with Crippen LogP contribution in [0, 0.1) is 5.92 Å². The van der Waals surface area contributed by atoms with Gasteiger partial charge in [-0.1, -0.05) is 23.7 Å². The molecule has 0 saturated carbocycles. The van der Waals surface area contributed by atoms with Crippen molar-refractivity contribution in [3.63, 3.8) is 0 Å². The third-order valence-corrected chi connectivity index (χ3v) is 5.21. The first-order valence-corrected chi connectivity index (χ1v) is 9.79.